The van der Waals surface area contributed by atoms with Crippen LogP contribution in [0, 0.1) is 12.3 Å². The molecule has 0 atom stereocenters. The molecule has 0 amide bonds. The molecule has 3 aromatic rings. The number of hydrogen-bond donors (Lipinski definition) is 2. The lowest BCUT2D eigenvalue weighted by Crippen LogP contribution is -2.14. The molecule has 3 rings (SSSR count). The van der Waals surface area contributed by atoms with E-state index < -0.39 is 10.0 Å². The summed E-state index contributed by atoms with van der Waals surface area (Å²) in [4.78, 5) is 0.0740. The summed E-state index contributed by atoms with van der Waals surface area (Å²) in [5.74, 6) is 3.42. The van der Waals surface area contributed by atoms with Crippen molar-refractivity contribution in [2.45, 2.75) is 11.4 Å². The first-order valence-corrected chi connectivity index (χ1v) is 10.1. The lowest BCUT2D eigenvalue weighted by Gasteiger charge is -2.12. The molecule has 3 aromatic carbocycles. The average molecular weight is 413 g/mol. The molecule has 0 aliphatic carbocycles. The van der Waals surface area contributed by atoms with E-state index >= 15 is 0 Å². The zero-order valence-corrected chi connectivity index (χ0v) is 16.3. The van der Waals surface area contributed by atoms with Gasteiger partial charge in [0.1, 0.15) is 11.5 Å². The van der Waals surface area contributed by atoms with Crippen molar-refractivity contribution in [2.24, 2.45) is 5.73 Å². The van der Waals surface area contributed by atoms with E-state index in [4.69, 9.17) is 28.5 Å². The SMILES string of the molecule is C#Cc1cc(CN)ccc1NS(=O)(=O)c1ccc(Oc2ccccc2Cl)cc1. The minimum absolute atomic E-state index is 0.0740. The predicted molar refractivity (Wildman–Crippen MR) is 111 cm³/mol. The van der Waals surface area contributed by atoms with Gasteiger partial charge in [0.25, 0.3) is 10.0 Å². The molecule has 0 fully saturated rings. The molecule has 0 aromatic heterocycles. The first-order chi connectivity index (χ1) is 13.4. The molecule has 0 aliphatic rings. The molecule has 142 valence electrons. The highest BCUT2D eigenvalue weighted by atomic mass is 35.5. The number of anilines is 1. The number of nitrogens with two attached hydrogens (primary N) is 1. The van der Waals surface area contributed by atoms with Gasteiger partial charge in [-0.3, -0.25) is 4.72 Å². The Kier molecular flexibility index (Phi) is 5.90. The average Bonchev–Trinajstić information content (AvgIpc) is 2.70. The summed E-state index contributed by atoms with van der Waals surface area (Å²) >= 11 is 6.06. The van der Waals surface area contributed by atoms with Crippen LogP contribution in [0.2, 0.25) is 5.02 Å². The number of sulfonamides is 1. The van der Waals surface area contributed by atoms with E-state index in [-0.39, 0.29) is 4.90 Å². The van der Waals surface area contributed by atoms with Crippen LogP contribution in [0.3, 0.4) is 0 Å². The molecule has 0 aliphatic heterocycles. The number of para-hydroxylation sites is 1. The summed E-state index contributed by atoms with van der Waals surface area (Å²) in [6, 6.07) is 18.0. The van der Waals surface area contributed by atoms with Gasteiger partial charge in [-0.1, -0.05) is 35.7 Å². The topological polar surface area (TPSA) is 81.4 Å². The monoisotopic (exact) mass is 412 g/mol. The Morgan fingerprint density at radius 1 is 1.07 bits per heavy atom. The van der Waals surface area contributed by atoms with Crippen LogP contribution in [0.25, 0.3) is 0 Å². The lowest BCUT2D eigenvalue weighted by molar-refractivity contribution is 0.482. The van der Waals surface area contributed by atoms with E-state index in [1.807, 2.05) is 0 Å². The first-order valence-electron chi connectivity index (χ1n) is 8.28. The molecule has 0 saturated carbocycles. The van der Waals surface area contributed by atoms with Gasteiger partial charge >= 0.3 is 0 Å². The molecule has 7 heteroatoms. The third-order valence-corrected chi connectivity index (χ3v) is 5.61. The zero-order valence-electron chi connectivity index (χ0n) is 14.7. The summed E-state index contributed by atoms with van der Waals surface area (Å²) in [5, 5.41) is 0.462. The van der Waals surface area contributed by atoms with Gasteiger partial charge in [-0.2, -0.15) is 0 Å². The maximum Gasteiger partial charge on any atom is 0.261 e. The van der Waals surface area contributed by atoms with Crippen molar-refractivity contribution >= 4 is 27.3 Å². The first kappa shape index (κ1) is 19.8. The largest absolute Gasteiger partial charge is 0.456 e. The minimum atomic E-state index is -3.82. The summed E-state index contributed by atoms with van der Waals surface area (Å²) in [6.07, 6.45) is 5.48. The summed E-state index contributed by atoms with van der Waals surface area (Å²) < 4.78 is 33.5. The van der Waals surface area contributed by atoms with Crippen LogP contribution in [-0.2, 0) is 16.6 Å². The van der Waals surface area contributed by atoms with Crippen LogP contribution in [0.4, 0.5) is 5.69 Å². The molecule has 0 spiro atoms. The molecule has 0 unspecified atom stereocenters. The molecular formula is C21H17ClN2O3S. The normalized spacial score (nSPS) is 10.9. The van der Waals surface area contributed by atoms with E-state index in [0.717, 1.165) is 5.56 Å². The van der Waals surface area contributed by atoms with Crippen LogP contribution < -0.4 is 15.2 Å². The number of hydrogen-bond acceptors (Lipinski definition) is 4. The fourth-order valence-electron chi connectivity index (χ4n) is 2.47. The van der Waals surface area contributed by atoms with Gasteiger partial charge in [-0.15, -0.1) is 6.42 Å². The fourth-order valence-corrected chi connectivity index (χ4v) is 3.73. The molecule has 0 radical (unpaired) electrons. The van der Waals surface area contributed by atoms with Crippen molar-refractivity contribution in [1.29, 1.82) is 0 Å². The molecular weight excluding hydrogens is 396 g/mol. The third-order valence-electron chi connectivity index (χ3n) is 3.92. The second kappa shape index (κ2) is 8.36. The number of rotatable bonds is 6. The van der Waals surface area contributed by atoms with E-state index in [0.29, 0.717) is 34.3 Å². The molecule has 3 N–H and O–H groups in total. The Hall–Kier alpha value is -2.98. The summed E-state index contributed by atoms with van der Waals surface area (Å²) in [6.45, 7) is 0.314. The maximum absolute atomic E-state index is 12.7. The Labute approximate surface area is 169 Å². The van der Waals surface area contributed by atoms with Gasteiger partial charge in [-0.25, -0.2) is 8.42 Å². The van der Waals surface area contributed by atoms with Gasteiger partial charge in [0.05, 0.1) is 15.6 Å². The lowest BCUT2D eigenvalue weighted by atomic mass is 10.1. The fraction of sp³-hybridized carbons (Fsp3) is 0.0476. The predicted octanol–water partition coefficient (Wildman–Crippen LogP) is 4.37. The van der Waals surface area contributed by atoms with Gasteiger partial charge in [0.15, 0.2) is 0 Å². The van der Waals surface area contributed by atoms with E-state index in [1.165, 1.54) is 12.1 Å². The highest BCUT2D eigenvalue weighted by molar-refractivity contribution is 7.92. The van der Waals surface area contributed by atoms with Crippen molar-refractivity contribution in [3.05, 3.63) is 82.9 Å². The Balaban J connectivity index is 1.81. The molecule has 0 heterocycles. The quantitative estimate of drug-likeness (QED) is 0.589. The van der Waals surface area contributed by atoms with Crippen LogP contribution in [0.5, 0.6) is 11.5 Å². The van der Waals surface area contributed by atoms with Gasteiger partial charge in [0, 0.05) is 12.1 Å². The molecule has 5 nitrogen and oxygen atoms in total. The van der Waals surface area contributed by atoms with Crippen molar-refractivity contribution in [1.82, 2.24) is 0 Å². The van der Waals surface area contributed by atoms with Crippen LogP contribution in [-0.4, -0.2) is 8.42 Å². The number of terminal acetylenes is 1. The second-order valence-electron chi connectivity index (χ2n) is 5.84. The highest BCUT2D eigenvalue weighted by Crippen LogP contribution is 2.29. The number of halogens is 1. The van der Waals surface area contributed by atoms with Crippen molar-refractivity contribution in [3.8, 4) is 23.8 Å². The van der Waals surface area contributed by atoms with E-state index in [2.05, 4.69) is 10.6 Å². The number of ether oxygens (including phenoxy) is 1. The van der Waals surface area contributed by atoms with Crippen LogP contribution >= 0.6 is 11.6 Å². The third kappa shape index (κ3) is 4.46. The van der Waals surface area contributed by atoms with Crippen LogP contribution in [0.1, 0.15) is 11.1 Å². The standard InChI is InChI=1S/C21H17ClN2O3S/c1-2-16-13-15(14-23)7-12-20(16)24-28(25,26)18-10-8-17(9-11-18)27-21-6-4-3-5-19(21)22/h1,3-13,24H,14,23H2. The molecule has 28 heavy (non-hydrogen) atoms. The molecule has 0 saturated heterocycles. The minimum Gasteiger partial charge on any atom is -0.456 e. The zero-order chi connectivity index (χ0) is 20.1. The van der Waals surface area contributed by atoms with Gasteiger partial charge in [-0.05, 0) is 54.1 Å². The summed E-state index contributed by atoms with van der Waals surface area (Å²) in [5.41, 5.74) is 7.15. The van der Waals surface area contributed by atoms with Crippen LogP contribution in [0.15, 0.2) is 71.6 Å². The number of benzene rings is 3. The smallest absolute Gasteiger partial charge is 0.261 e. The Morgan fingerprint density at radius 3 is 2.43 bits per heavy atom. The van der Waals surface area contributed by atoms with Crippen molar-refractivity contribution in [3.63, 3.8) is 0 Å². The van der Waals surface area contributed by atoms with Crippen molar-refractivity contribution in [2.75, 3.05) is 4.72 Å². The Bertz CT molecular complexity index is 1140. The second-order valence-corrected chi connectivity index (χ2v) is 7.93. The van der Waals surface area contributed by atoms with Gasteiger partial charge < -0.3 is 10.5 Å². The Morgan fingerprint density at radius 2 is 1.79 bits per heavy atom. The maximum atomic E-state index is 12.7. The summed E-state index contributed by atoms with van der Waals surface area (Å²) in [7, 11) is -3.82. The number of nitrogens with one attached hydrogen (secondary N) is 1. The van der Waals surface area contributed by atoms with E-state index in [1.54, 1.807) is 54.6 Å². The van der Waals surface area contributed by atoms with Crippen molar-refractivity contribution < 1.29 is 13.2 Å². The molecule has 0 bridgehead atoms. The van der Waals surface area contributed by atoms with E-state index in [9.17, 15) is 8.42 Å². The van der Waals surface area contributed by atoms with Gasteiger partial charge in [0.2, 0.25) is 0 Å². The highest BCUT2D eigenvalue weighted by Gasteiger charge is 2.16.